The Bertz CT molecular complexity index is 350. The van der Waals surface area contributed by atoms with Crippen LogP contribution in [0.3, 0.4) is 0 Å². The van der Waals surface area contributed by atoms with E-state index in [2.05, 4.69) is 29.1 Å². The number of rotatable bonds is 1. The Hall–Kier alpha value is -1.03. The van der Waals surface area contributed by atoms with Gasteiger partial charge in [-0.2, -0.15) is 0 Å². The number of aromatic nitrogens is 1. The van der Waals surface area contributed by atoms with Crippen molar-refractivity contribution < 1.29 is 0 Å². The number of aliphatic imine (C=N–C) groups is 1. The first kappa shape index (κ1) is 10.5. The maximum Gasteiger partial charge on any atom is 0.161 e. The zero-order chi connectivity index (χ0) is 10.7. The quantitative estimate of drug-likeness (QED) is 0.792. The first-order valence-corrected chi connectivity index (χ1v) is 6.12. The highest BCUT2D eigenvalue weighted by molar-refractivity contribution is 8.14. The molecule has 2 heterocycles. The van der Waals surface area contributed by atoms with Gasteiger partial charge in [0.1, 0.15) is 0 Å². The molecule has 0 fully saturated rings. The van der Waals surface area contributed by atoms with Crippen LogP contribution < -0.4 is 5.32 Å². The van der Waals surface area contributed by atoms with E-state index in [9.17, 15) is 0 Å². The third kappa shape index (κ3) is 2.72. The number of amidine groups is 1. The lowest BCUT2D eigenvalue weighted by Crippen LogP contribution is -2.25. The maximum absolute atomic E-state index is 4.60. The fourth-order valence-corrected chi connectivity index (χ4v) is 2.46. The zero-order valence-electron chi connectivity index (χ0n) is 8.97. The van der Waals surface area contributed by atoms with Gasteiger partial charge in [0.15, 0.2) is 5.17 Å². The summed E-state index contributed by atoms with van der Waals surface area (Å²) in [7, 11) is 0. The average molecular weight is 221 g/mol. The molecule has 0 spiro atoms. The van der Waals surface area contributed by atoms with Crippen molar-refractivity contribution in [1.82, 2.24) is 4.98 Å². The van der Waals surface area contributed by atoms with Crippen molar-refractivity contribution in [3.63, 3.8) is 0 Å². The molecule has 2 unspecified atom stereocenters. The third-order valence-corrected chi connectivity index (χ3v) is 3.71. The Kier molecular flexibility index (Phi) is 3.26. The molecule has 0 aromatic carbocycles. The van der Waals surface area contributed by atoms with Crippen LogP contribution in [0.4, 0.5) is 5.69 Å². The van der Waals surface area contributed by atoms with Crippen LogP contribution in [0.15, 0.2) is 29.5 Å². The molecule has 0 radical (unpaired) electrons. The van der Waals surface area contributed by atoms with Crippen molar-refractivity contribution in [2.75, 3.05) is 11.1 Å². The van der Waals surface area contributed by atoms with Gasteiger partial charge in [-0.15, -0.1) is 0 Å². The Balaban J connectivity index is 2.04. The normalized spacial score (nSPS) is 25.9. The molecule has 0 saturated heterocycles. The van der Waals surface area contributed by atoms with Gasteiger partial charge in [-0.05, 0) is 25.0 Å². The largest absolute Gasteiger partial charge is 0.334 e. The molecule has 80 valence electrons. The Morgan fingerprint density at radius 3 is 3.00 bits per heavy atom. The Morgan fingerprint density at radius 1 is 1.47 bits per heavy atom. The smallest absolute Gasteiger partial charge is 0.161 e. The molecular formula is C11H15N3S. The molecule has 0 amide bonds. The minimum absolute atomic E-state index is 0.408. The summed E-state index contributed by atoms with van der Waals surface area (Å²) in [5, 5.41) is 4.29. The molecule has 0 bridgehead atoms. The fourth-order valence-electron chi connectivity index (χ4n) is 1.33. The standard InChI is InChI=1S/C11H15N3S/c1-8-7-15-11(13-9(8)2)14-10-4-3-5-12-6-10/h3-6,8-9H,7H2,1-2H3,(H,13,14). The number of pyridine rings is 1. The lowest BCUT2D eigenvalue weighted by molar-refractivity contribution is 0.537. The topological polar surface area (TPSA) is 37.3 Å². The van der Waals surface area contributed by atoms with E-state index in [1.165, 1.54) is 0 Å². The SMILES string of the molecule is CC1CSC(Nc2cccnc2)=NC1C. The molecule has 1 aliphatic rings. The molecular weight excluding hydrogens is 206 g/mol. The van der Waals surface area contributed by atoms with Crippen LogP contribution in [-0.2, 0) is 0 Å². The molecule has 2 rings (SSSR count). The van der Waals surface area contributed by atoms with E-state index in [0.717, 1.165) is 16.6 Å². The number of anilines is 1. The van der Waals surface area contributed by atoms with Crippen LogP contribution in [0, 0.1) is 5.92 Å². The summed E-state index contributed by atoms with van der Waals surface area (Å²) in [6.45, 7) is 4.40. The second kappa shape index (κ2) is 4.66. The van der Waals surface area contributed by atoms with Crippen molar-refractivity contribution in [3.05, 3.63) is 24.5 Å². The van der Waals surface area contributed by atoms with Crippen molar-refractivity contribution in [2.24, 2.45) is 10.9 Å². The summed E-state index contributed by atoms with van der Waals surface area (Å²) in [6, 6.07) is 4.33. The number of nitrogens with one attached hydrogen (secondary N) is 1. The predicted octanol–water partition coefficient (Wildman–Crippen LogP) is 2.62. The van der Waals surface area contributed by atoms with E-state index in [-0.39, 0.29) is 0 Å². The minimum atomic E-state index is 0.408. The molecule has 4 heteroatoms. The number of nitrogens with zero attached hydrogens (tertiary/aromatic N) is 2. The highest BCUT2D eigenvalue weighted by atomic mass is 32.2. The number of thioether (sulfide) groups is 1. The van der Waals surface area contributed by atoms with Gasteiger partial charge in [-0.25, -0.2) is 0 Å². The van der Waals surface area contributed by atoms with Gasteiger partial charge >= 0.3 is 0 Å². The number of hydrogen-bond acceptors (Lipinski definition) is 4. The molecule has 3 nitrogen and oxygen atoms in total. The Labute approximate surface area is 94.4 Å². The Morgan fingerprint density at radius 2 is 2.33 bits per heavy atom. The lowest BCUT2D eigenvalue weighted by atomic mass is 10.1. The summed E-state index contributed by atoms with van der Waals surface area (Å²) < 4.78 is 0. The molecule has 1 aliphatic heterocycles. The summed E-state index contributed by atoms with van der Waals surface area (Å²) in [5.74, 6) is 1.79. The van der Waals surface area contributed by atoms with Crippen LogP contribution in [0.2, 0.25) is 0 Å². The average Bonchev–Trinajstić information content (AvgIpc) is 2.25. The molecule has 0 aliphatic carbocycles. The highest BCUT2D eigenvalue weighted by Gasteiger charge is 2.18. The van der Waals surface area contributed by atoms with Gasteiger partial charge in [0.2, 0.25) is 0 Å². The first-order valence-electron chi connectivity index (χ1n) is 5.13. The van der Waals surface area contributed by atoms with Gasteiger partial charge in [0.05, 0.1) is 17.9 Å². The summed E-state index contributed by atoms with van der Waals surface area (Å²) >= 11 is 1.78. The van der Waals surface area contributed by atoms with Gasteiger partial charge < -0.3 is 5.32 Å². The van der Waals surface area contributed by atoms with Crippen LogP contribution in [0.1, 0.15) is 13.8 Å². The third-order valence-electron chi connectivity index (χ3n) is 2.54. The predicted molar refractivity (Wildman–Crippen MR) is 66.4 cm³/mol. The van der Waals surface area contributed by atoms with Crippen LogP contribution in [0.5, 0.6) is 0 Å². The summed E-state index contributed by atoms with van der Waals surface area (Å²) in [4.78, 5) is 8.66. The second-order valence-electron chi connectivity index (χ2n) is 3.83. The summed E-state index contributed by atoms with van der Waals surface area (Å²) in [6.07, 6.45) is 3.58. The molecule has 1 aromatic heterocycles. The summed E-state index contributed by atoms with van der Waals surface area (Å²) in [5.41, 5.74) is 1.01. The van der Waals surface area contributed by atoms with Gasteiger partial charge in [-0.3, -0.25) is 9.98 Å². The van der Waals surface area contributed by atoms with Gasteiger partial charge in [0.25, 0.3) is 0 Å². The molecule has 2 atom stereocenters. The lowest BCUT2D eigenvalue weighted by Gasteiger charge is -2.23. The van der Waals surface area contributed by atoms with E-state index in [0.29, 0.717) is 12.0 Å². The van der Waals surface area contributed by atoms with Crippen molar-refractivity contribution in [1.29, 1.82) is 0 Å². The zero-order valence-corrected chi connectivity index (χ0v) is 9.79. The highest BCUT2D eigenvalue weighted by Crippen LogP contribution is 2.23. The van der Waals surface area contributed by atoms with Gasteiger partial charge in [-0.1, -0.05) is 18.7 Å². The van der Waals surface area contributed by atoms with E-state index >= 15 is 0 Å². The van der Waals surface area contributed by atoms with Crippen molar-refractivity contribution in [2.45, 2.75) is 19.9 Å². The van der Waals surface area contributed by atoms with Crippen LogP contribution in [0.25, 0.3) is 0 Å². The van der Waals surface area contributed by atoms with E-state index in [1.54, 1.807) is 18.0 Å². The molecule has 1 aromatic rings. The van der Waals surface area contributed by atoms with Crippen molar-refractivity contribution >= 4 is 22.6 Å². The monoisotopic (exact) mass is 221 g/mol. The maximum atomic E-state index is 4.60. The minimum Gasteiger partial charge on any atom is -0.334 e. The van der Waals surface area contributed by atoms with E-state index < -0.39 is 0 Å². The second-order valence-corrected chi connectivity index (χ2v) is 4.84. The number of hydrogen-bond donors (Lipinski definition) is 1. The van der Waals surface area contributed by atoms with E-state index in [4.69, 9.17) is 0 Å². The van der Waals surface area contributed by atoms with E-state index in [1.807, 2.05) is 18.3 Å². The fraction of sp³-hybridized carbons (Fsp3) is 0.455. The molecule has 1 N–H and O–H groups in total. The van der Waals surface area contributed by atoms with Crippen LogP contribution >= 0.6 is 11.8 Å². The van der Waals surface area contributed by atoms with Crippen molar-refractivity contribution in [3.8, 4) is 0 Å². The molecule has 15 heavy (non-hydrogen) atoms. The first-order chi connectivity index (χ1) is 7.25. The molecule has 0 saturated carbocycles. The van der Waals surface area contributed by atoms with Gasteiger partial charge in [0, 0.05) is 11.9 Å². The van der Waals surface area contributed by atoms with Crippen LogP contribution in [-0.4, -0.2) is 21.9 Å².